The zero-order valence-corrected chi connectivity index (χ0v) is 9.76. The lowest BCUT2D eigenvalue weighted by molar-refractivity contribution is -0.192. The first-order valence-electron chi connectivity index (χ1n) is 4.18. The molecule has 0 atom stereocenters. The van der Waals surface area contributed by atoms with Gasteiger partial charge in [-0.05, 0) is 13.8 Å². The second kappa shape index (κ2) is 5.32. The third kappa shape index (κ3) is 6.07. The van der Waals surface area contributed by atoms with Gasteiger partial charge in [0.2, 0.25) is 0 Å². The summed E-state index contributed by atoms with van der Waals surface area (Å²) in [7, 11) is 0. The van der Waals surface area contributed by atoms with Crippen molar-refractivity contribution in [2.24, 2.45) is 0 Å². The van der Waals surface area contributed by atoms with E-state index in [2.05, 4.69) is 4.98 Å². The number of carboxylic acids is 1. The molecule has 9 heteroatoms. The fraction of sp³-hybridized carbons (Fsp3) is 0.500. The molecule has 17 heavy (non-hydrogen) atoms. The number of nitrogens with two attached hydrogens (primary N) is 1. The molecule has 0 aliphatic rings. The van der Waals surface area contributed by atoms with E-state index < -0.39 is 17.7 Å². The molecule has 0 spiro atoms. The van der Waals surface area contributed by atoms with Crippen LogP contribution in [0.3, 0.4) is 0 Å². The van der Waals surface area contributed by atoms with Crippen LogP contribution >= 0.6 is 11.3 Å². The lowest BCUT2D eigenvalue weighted by atomic mass is 10.1. The highest BCUT2D eigenvalue weighted by atomic mass is 32.1. The van der Waals surface area contributed by atoms with Crippen molar-refractivity contribution in [1.82, 2.24) is 4.98 Å². The summed E-state index contributed by atoms with van der Waals surface area (Å²) in [6.45, 7) is 3.36. The topological polar surface area (TPSA) is 96.4 Å². The number of hydrogen-bond donors (Lipinski definition) is 3. The number of halogens is 3. The number of rotatable bonds is 1. The Bertz CT molecular complexity index is 384. The van der Waals surface area contributed by atoms with Crippen molar-refractivity contribution in [3.05, 3.63) is 11.1 Å². The number of anilines is 1. The monoisotopic (exact) mass is 272 g/mol. The van der Waals surface area contributed by atoms with Crippen LogP contribution in [0.25, 0.3) is 0 Å². The summed E-state index contributed by atoms with van der Waals surface area (Å²) in [5.74, 6) is -2.76. The van der Waals surface area contributed by atoms with Gasteiger partial charge in [0.15, 0.2) is 5.13 Å². The second-order valence-electron chi connectivity index (χ2n) is 3.43. The number of carboxylic acid groups (broad SMARTS) is 1. The Balaban J connectivity index is 0.000000325. The summed E-state index contributed by atoms with van der Waals surface area (Å²) in [5.41, 5.74) is 5.14. The predicted octanol–water partition coefficient (Wildman–Crippen LogP) is 1.59. The minimum Gasteiger partial charge on any atom is -0.475 e. The van der Waals surface area contributed by atoms with E-state index in [0.29, 0.717) is 10.8 Å². The molecule has 0 amide bonds. The van der Waals surface area contributed by atoms with Gasteiger partial charge in [-0.2, -0.15) is 13.2 Å². The van der Waals surface area contributed by atoms with E-state index in [1.165, 1.54) is 11.3 Å². The van der Waals surface area contributed by atoms with Crippen LogP contribution in [0.4, 0.5) is 18.3 Å². The normalized spacial score (nSPS) is 11.6. The molecule has 0 unspecified atom stereocenters. The summed E-state index contributed by atoms with van der Waals surface area (Å²) in [5, 5.41) is 18.8. The fourth-order valence-electron chi connectivity index (χ4n) is 0.569. The number of alkyl halides is 3. The van der Waals surface area contributed by atoms with E-state index in [-0.39, 0.29) is 0 Å². The molecule has 5 nitrogen and oxygen atoms in total. The lowest BCUT2D eigenvalue weighted by Gasteiger charge is -2.12. The van der Waals surface area contributed by atoms with Gasteiger partial charge in [-0.1, -0.05) is 0 Å². The van der Waals surface area contributed by atoms with Crippen molar-refractivity contribution in [3.8, 4) is 0 Å². The van der Waals surface area contributed by atoms with Gasteiger partial charge in [-0.25, -0.2) is 9.78 Å². The number of thiazole rings is 1. The summed E-state index contributed by atoms with van der Waals surface area (Å²) < 4.78 is 31.7. The molecule has 0 bridgehead atoms. The molecule has 1 aromatic heterocycles. The Morgan fingerprint density at radius 1 is 1.47 bits per heavy atom. The molecule has 0 fully saturated rings. The Labute approximate surface area is 98.7 Å². The highest BCUT2D eigenvalue weighted by Crippen LogP contribution is 2.22. The number of carbonyl (C=O) groups is 1. The molecule has 0 aliphatic heterocycles. The summed E-state index contributed by atoms with van der Waals surface area (Å²) in [6, 6.07) is 0. The first kappa shape index (κ1) is 15.7. The smallest absolute Gasteiger partial charge is 0.475 e. The third-order valence-electron chi connectivity index (χ3n) is 1.39. The first-order chi connectivity index (χ1) is 7.44. The second-order valence-corrected chi connectivity index (χ2v) is 4.32. The van der Waals surface area contributed by atoms with Crippen LogP contribution in [-0.4, -0.2) is 27.3 Å². The van der Waals surface area contributed by atoms with Gasteiger partial charge in [0.25, 0.3) is 0 Å². The predicted molar refractivity (Wildman–Crippen MR) is 55.5 cm³/mol. The maximum atomic E-state index is 10.6. The van der Waals surface area contributed by atoms with E-state index in [1.807, 2.05) is 0 Å². The zero-order valence-electron chi connectivity index (χ0n) is 8.95. The van der Waals surface area contributed by atoms with Gasteiger partial charge in [0.05, 0.1) is 5.69 Å². The van der Waals surface area contributed by atoms with E-state index in [0.717, 1.165) is 0 Å². The molecule has 98 valence electrons. The van der Waals surface area contributed by atoms with Crippen LogP contribution in [-0.2, 0) is 10.4 Å². The molecular formula is C8H11F3N2O3S. The standard InChI is InChI=1S/C6H10N2OS.C2HF3O2/c1-6(2,9)4-3-10-5(7)8-4;3-2(4,5)1(6)7/h3,9H,1-2H3,(H2,7,8);(H,6,7). The molecule has 1 aromatic rings. The van der Waals surface area contributed by atoms with E-state index >= 15 is 0 Å². The van der Waals surface area contributed by atoms with Crippen molar-refractivity contribution in [2.45, 2.75) is 25.6 Å². The van der Waals surface area contributed by atoms with Gasteiger partial charge < -0.3 is 15.9 Å². The number of aliphatic hydroxyl groups is 1. The fourth-order valence-corrected chi connectivity index (χ4v) is 1.29. The summed E-state index contributed by atoms with van der Waals surface area (Å²) in [6.07, 6.45) is -5.08. The van der Waals surface area contributed by atoms with E-state index in [4.69, 9.17) is 15.6 Å². The highest BCUT2D eigenvalue weighted by molar-refractivity contribution is 7.13. The third-order valence-corrected chi connectivity index (χ3v) is 2.07. The largest absolute Gasteiger partial charge is 0.490 e. The number of aliphatic carboxylic acids is 1. The van der Waals surface area contributed by atoms with Gasteiger partial charge in [0.1, 0.15) is 5.60 Å². The molecule has 0 saturated heterocycles. The SMILES string of the molecule is CC(C)(O)c1csc(N)n1.O=C(O)C(F)(F)F. The molecular weight excluding hydrogens is 261 g/mol. The van der Waals surface area contributed by atoms with Crippen molar-refractivity contribution < 1.29 is 28.2 Å². The minimum atomic E-state index is -5.08. The Kier molecular flexibility index (Phi) is 4.90. The van der Waals surface area contributed by atoms with Crippen LogP contribution < -0.4 is 5.73 Å². The zero-order chi connectivity index (χ0) is 13.9. The number of nitrogens with zero attached hydrogens (tertiary/aromatic N) is 1. The Morgan fingerprint density at radius 2 is 1.88 bits per heavy atom. The van der Waals surface area contributed by atoms with Crippen LogP contribution in [0.2, 0.25) is 0 Å². The molecule has 0 aromatic carbocycles. The van der Waals surface area contributed by atoms with Crippen LogP contribution in [0.1, 0.15) is 19.5 Å². The molecule has 0 saturated carbocycles. The van der Waals surface area contributed by atoms with Gasteiger partial charge in [-0.15, -0.1) is 11.3 Å². The van der Waals surface area contributed by atoms with Gasteiger partial charge in [0, 0.05) is 5.38 Å². The Hall–Kier alpha value is -1.35. The maximum Gasteiger partial charge on any atom is 0.490 e. The summed E-state index contributed by atoms with van der Waals surface area (Å²) >= 11 is 1.34. The van der Waals surface area contributed by atoms with Crippen molar-refractivity contribution >= 4 is 22.4 Å². The average Bonchev–Trinajstić information content (AvgIpc) is 2.50. The first-order valence-corrected chi connectivity index (χ1v) is 5.06. The lowest BCUT2D eigenvalue weighted by Crippen LogP contribution is -2.21. The summed E-state index contributed by atoms with van der Waals surface area (Å²) in [4.78, 5) is 12.8. The molecule has 1 heterocycles. The number of hydrogen-bond acceptors (Lipinski definition) is 5. The maximum absolute atomic E-state index is 10.6. The molecule has 1 rings (SSSR count). The van der Waals surface area contributed by atoms with Crippen molar-refractivity contribution in [2.75, 3.05) is 5.73 Å². The Morgan fingerprint density at radius 3 is 2.00 bits per heavy atom. The number of nitrogen functional groups attached to an aromatic ring is 1. The number of aromatic nitrogens is 1. The highest BCUT2D eigenvalue weighted by Gasteiger charge is 2.38. The van der Waals surface area contributed by atoms with E-state index in [1.54, 1.807) is 19.2 Å². The molecule has 4 N–H and O–H groups in total. The van der Waals surface area contributed by atoms with Crippen molar-refractivity contribution in [3.63, 3.8) is 0 Å². The molecule has 0 aliphatic carbocycles. The molecule has 0 radical (unpaired) electrons. The average molecular weight is 272 g/mol. The van der Waals surface area contributed by atoms with Gasteiger partial charge in [-0.3, -0.25) is 0 Å². The van der Waals surface area contributed by atoms with Gasteiger partial charge >= 0.3 is 12.1 Å². The minimum absolute atomic E-state index is 0.497. The van der Waals surface area contributed by atoms with E-state index in [9.17, 15) is 18.3 Å². The van der Waals surface area contributed by atoms with Crippen LogP contribution in [0, 0.1) is 0 Å². The van der Waals surface area contributed by atoms with Crippen molar-refractivity contribution in [1.29, 1.82) is 0 Å². The van der Waals surface area contributed by atoms with Crippen LogP contribution in [0.15, 0.2) is 5.38 Å². The quantitative estimate of drug-likeness (QED) is 0.721. The van der Waals surface area contributed by atoms with Crippen LogP contribution in [0.5, 0.6) is 0 Å².